The number of hydrogen-bond donors (Lipinski definition) is 1. The molecule has 1 fully saturated rings. The molecule has 0 unspecified atom stereocenters. The predicted molar refractivity (Wildman–Crippen MR) is 112 cm³/mol. The minimum absolute atomic E-state index is 0.0171. The molecule has 160 valence electrons. The number of benzene rings is 1. The van der Waals surface area contributed by atoms with Crippen LogP contribution in [0.4, 0.5) is 0 Å². The van der Waals surface area contributed by atoms with Crippen LogP contribution < -0.4 is 5.32 Å². The fourth-order valence-corrected chi connectivity index (χ4v) is 4.01. The Hall–Kier alpha value is -3.55. The molecule has 1 aromatic heterocycles. The van der Waals surface area contributed by atoms with Crippen molar-refractivity contribution < 1.29 is 19.2 Å². The average Bonchev–Trinajstić information content (AvgIpc) is 3.06. The second-order valence-electron chi connectivity index (χ2n) is 7.84. The first-order chi connectivity index (χ1) is 15.0. The summed E-state index contributed by atoms with van der Waals surface area (Å²) >= 11 is 0. The number of nitrogens with zero attached hydrogens (tertiary/aromatic N) is 3. The smallest absolute Gasteiger partial charge is 0.261 e. The van der Waals surface area contributed by atoms with Gasteiger partial charge in [0.25, 0.3) is 17.7 Å². The van der Waals surface area contributed by atoms with Crippen LogP contribution >= 0.6 is 0 Å². The SMILES string of the molecule is O=C(CCN1C(=O)c2ccccc2C1=O)NCC1CCN(C(=O)c2cccnc2)CC1. The third-order valence-corrected chi connectivity index (χ3v) is 5.84. The van der Waals surface area contributed by atoms with E-state index in [-0.39, 0.29) is 36.6 Å². The van der Waals surface area contributed by atoms with E-state index in [2.05, 4.69) is 10.3 Å². The van der Waals surface area contributed by atoms with E-state index >= 15 is 0 Å². The number of fused-ring (bicyclic) bond motifs is 1. The van der Waals surface area contributed by atoms with Gasteiger partial charge in [0.2, 0.25) is 5.91 Å². The fourth-order valence-electron chi connectivity index (χ4n) is 4.01. The van der Waals surface area contributed by atoms with Gasteiger partial charge in [0.05, 0.1) is 16.7 Å². The summed E-state index contributed by atoms with van der Waals surface area (Å²) in [6.07, 6.45) is 4.91. The zero-order valence-electron chi connectivity index (χ0n) is 17.1. The highest BCUT2D eigenvalue weighted by atomic mass is 16.2. The number of imide groups is 1. The summed E-state index contributed by atoms with van der Waals surface area (Å²) in [4.78, 5) is 56.4. The number of piperidine rings is 1. The van der Waals surface area contributed by atoms with Gasteiger partial charge in [-0.15, -0.1) is 0 Å². The van der Waals surface area contributed by atoms with Crippen LogP contribution in [0.1, 0.15) is 50.3 Å². The van der Waals surface area contributed by atoms with Crippen molar-refractivity contribution in [3.05, 3.63) is 65.5 Å². The number of pyridine rings is 1. The second-order valence-corrected chi connectivity index (χ2v) is 7.84. The molecule has 8 nitrogen and oxygen atoms in total. The Morgan fingerprint density at radius 2 is 1.68 bits per heavy atom. The van der Waals surface area contributed by atoms with Gasteiger partial charge in [0.15, 0.2) is 0 Å². The number of nitrogens with one attached hydrogen (secondary N) is 1. The molecule has 0 saturated carbocycles. The van der Waals surface area contributed by atoms with Crippen molar-refractivity contribution in [3.8, 4) is 0 Å². The zero-order valence-corrected chi connectivity index (χ0v) is 17.1. The monoisotopic (exact) mass is 420 g/mol. The molecule has 0 aliphatic carbocycles. The predicted octanol–water partition coefficient (Wildman–Crippen LogP) is 1.74. The molecule has 0 atom stereocenters. The minimum atomic E-state index is -0.348. The van der Waals surface area contributed by atoms with Crippen LogP contribution in [-0.2, 0) is 4.79 Å². The maximum absolute atomic E-state index is 12.5. The third-order valence-electron chi connectivity index (χ3n) is 5.84. The Morgan fingerprint density at radius 3 is 2.29 bits per heavy atom. The average molecular weight is 420 g/mol. The molecular formula is C23H24N4O4. The first kappa shape index (κ1) is 20.7. The number of rotatable bonds is 6. The summed E-state index contributed by atoms with van der Waals surface area (Å²) in [6, 6.07) is 10.2. The molecular weight excluding hydrogens is 396 g/mol. The summed E-state index contributed by atoms with van der Waals surface area (Å²) in [7, 11) is 0. The van der Waals surface area contributed by atoms with E-state index < -0.39 is 0 Å². The van der Waals surface area contributed by atoms with E-state index in [1.807, 2.05) is 4.90 Å². The molecule has 8 heteroatoms. The van der Waals surface area contributed by atoms with E-state index in [1.165, 1.54) is 0 Å². The lowest BCUT2D eigenvalue weighted by Crippen LogP contribution is -2.42. The normalized spacial score (nSPS) is 16.4. The van der Waals surface area contributed by atoms with Crippen molar-refractivity contribution >= 4 is 23.6 Å². The number of amides is 4. The van der Waals surface area contributed by atoms with Crippen molar-refractivity contribution in [2.45, 2.75) is 19.3 Å². The van der Waals surface area contributed by atoms with Crippen LogP contribution in [0.2, 0.25) is 0 Å². The van der Waals surface area contributed by atoms with Gasteiger partial charge in [-0.3, -0.25) is 29.1 Å². The van der Waals surface area contributed by atoms with Crippen LogP contribution in [0, 0.1) is 5.92 Å². The Morgan fingerprint density at radius 1 is 1.00 bits per heavy atom. The van der Waals surface area contributed by atoms with Crippen molar-refractivity contribution in [2.75, 3.05) is 26.2 Å². The highest BCUT2D eigenvalue weighted by Crippen LogP contribution is 2.22. The van der Waals surface area contributed by atoms with Gasteiger partial charge in [0, 0.05) is 45.0 Å². The van der Waals surface area contributed by atoms with Crippen molar-refractivity contribution in [1.82, 2.24) is 20.1 Å². The molecule has 1 aromatic carbocycles. The summed E-state index contributed by atoms with van der Waals surface area (Å²) in [5.41, 5.74) is 1.36. The number of carbonyl (C=O) groups is 4. The molecule has 0 radical (unpaired) electrons. The Balaban J connectivity index is 1.19. The zero-order chi connectivity index (χ0) is 21.8. The number of aromatic nitrogens is 1. The summed E-state index contributed by atoms with van der Waals surface area (Å²) in [6.45, 7) is 1.87. The van der Waals surface area contributed by atoms with Crippen LogP contribution in [0.5, 0.6) is 0 Å². The second kappa shape index (κ2) is 9.07. The van der Waals surface area contributed by atoms with Gasteiger partial charge in [0.1, 0.15) is 0 Å². The molecule has 1 saturated heterocycles. The van der Waals surface area contributed by atoms with E-state index in [1.54, 1.807) is 48.8 Å². The van der Waals surface area contributed by atoms with Gasteiger partial charge in [-0.25, -0.2) is 0 Å². The third kappa shape index (κ3) is 4.47. The molecule has 4 amide bonds. The quantitative estimate of drug-likeness (QED) is 0.718. The standard InChI is InChI=1S/C23H24N4O4/c28-20(9-13-27-22(30)18-5-1-2-6-19(18)23(27)31)25-14-16-7-11-26(12-8-16)21(29)17-4-3-10-24-15-17/h1-6,10,15-16H,7-9,11-14H2,(H,25,28). The van der Waals surface area contributed by atoms with Crippen molar-refractivity contribution in [1.29, 1.82) is 0 Å². The Bertz CT molecular complexity index is 965. The topological polar surface area (TPSA) is 99.7 Å². The summed E-state index contributed by atoms with van der Waals surface area (Å²) < 4.78 is 0. The number of carbonyl (C=O) groups excluding carboxylic acids is 4. The van der Waals surface area contributed by atoms with Gasteiger partial charge in [-0.05, 0) is 43.0 Å². The van der Waals surface area contributed by atoms with E-state index in [9.17, 15) is 19.2 Å². The van der Waals surface area contributed by atoms with Gasteiger partial charge >= 0.3 is 0 Å². The summed E-state index contributed by atoms with van der Waals surface area (Å²) in [5, 5.41) is 2.90. The van der Waals surface area contributed by atoms with E-state index in [0.717, 1.165) is 17.7 Å². The lowest BCUT2D eigenvalue weighted by atomic mass is 9.96. The molecule has 2 aromatic rings. The van der Waals surface area contributed by atoms with Crippen molar-refractivity contribution in [2.24, 2.45) is 5.92 Å². The van der Waals surface area contributed by atoms with Crippen LogP contribution in [0.3, 0.4) is 0 Å². The molecule has 31 heavy (non-hydrogen) atoms. The van der Waals surface area contributed by atoms with Crippen LogP contribution in [0.15, 0.2) is 48.8 Å². The maximum Gasteiger partial charge on any atom is 0.261 e. The molecule has 0 spiro atoms. The molecule has 2 aliphatic heterocycles. The molecule has 0 bridgehead atoms. The molecule has 2 aliphatic rings. The minimum Gasteiger partial charge on any atom is -0.356 e. The van der Waals surface area contributed by atoms with Gasteiger partial charge in [-0.2, -0.15) is 0 Å². The lowest BCUT2D eigenvalue weighted by molar-refractivity contribution is -0.121. The van der Waals surface area contributed by atoms with E-state index in [4.69, 9.17) is 0 Å². The maximum atomic E-state index is 12.5. The highest BCUT2D eigenvalue weighted by Gasteiger charge is 2.35. The largest absolute Gasteiger partial charge is 0.356 e. The lowest BCUT2D eigenvalue weighted by Gasteiger charge is -2.32. The number of hydrogen-bond acceptors (Lipinski definition) is 5. The molecule has 1 N–H and O–H groups in total. The van der Waals surface area contributed by atoms with Gasteiger partial charge in [-0.1, -0.05) is 12.1 Å². The van der Waals surface area contributed by atoms with Crippen LogP contribution in [-0.4, -0.2) is 64.6 Å². The molecule has 3 heterocycles. The summed E-state index contributed by atoms with van der Waals surface area (Å²) in [5.74, 6) is -0.610. The highest BCUT2D eigenvalue weighted by molar-refractivity contribution is 6.21. The van der Waals surface area contributed by atoms with Crippen LogP contribution in [0.25, 0.3) is 0 Å². The Labute approximate surface area is 180 Å². The first-order valence-corrected chi connectivity index (χ1v) is 10.5. The van der Waals surface area contributed by atoms with Gasteiger partial charge < -0.3 is 10.2 Å². The van der Waals surface area contributed by atoms with Crippen molar-refractivity contribution in [3.63, 3.8) is 0 Å². The fraction of sp³-hybridized carbons (Fsp3) is 0.348. The molecule has 4 rings (SSSR count). The first-order valence-electron chi connectivity index (χ1n) is 10.5. The number of likely N-dealkylation sites (tertiary alicyclic amines) is 1. The Kier molecular flexibility index (Phi) is 6.06. The van der Waals surface area contributed by atoms with E-state index in [0.29, 0.717) is 42.2 Å².